The minimum atomic E-state index is 1.00. The number of benzene rings is 1. The van der Waals surface area contributed by atoms with E-state index >= 15 is 0 Å². The van der Waals surface area contributed by atoms with Gasteiger partial charge < -0.3 is 0 Å². The minimum Gasteiger partial charge on any atom is -0.185 e. The number of hydrogen-bond donors (Lipinski definition) is 0. The number of thioether (sulfide) groups is 1. The second-order valence-corrected chi connectivity index (χ2v) is 5.46. The van der Waals surface area contributed by atoms with Gasteiger partial charge in [0.2, 0.25) is 0 Å². The van der Waals surface area contributed by atoms with Gasteiger partial charge in [0.15, 0.2) is 0 Å². The molecule has 2 heteroatoms. The molecule has 1 aliphatic rings. The van der Waals surface area contributed by atoms with E-state index in [2.05, 4.69) is 36.3 Å². The number of hydrogen-bond acceptors (Lipinski definition) is 2. The molecule has 0 bridgehead atoms. The van der Waals surface area contributed by atoms with Crippen LogP contribution in [0.5, 0.6) is 0 Å². The zero-order valence-corrected chi connectivity index (χ0v) is 12.0. The molecule has 0 N–H and O–H groups in total. The number of allylic oxidation sites excluding steroid dienone is 4. The van der Waals surface area contributed by atoms with Crippen molar-refractivity contribution in [2.24, 2.45) is 0 Å². The second kappa shape index (κ2) is 6.32. The maximum atomic E-state index is 8.68. The first-order chi connectivity index (χ1) is 9.19. The van der Waals surface area contributed by atoms with Gasteiger partial charge in [-0.2, -0.15) is 5.26 Å². The zero-order valence-electron chi connectivity index (χ0n) is 11.2. The van der Waals surface area contributed by atoms with Gasteiger partial charge in [-0.25, -0.2) is 0 Å². The molecule has 0 atom stereocenters. The van der Waals surface area contributed by atoms with Crippen molar-refractivity contribution in [2.45, 2.75) is 31.6 Å². The molecule has 0 saturated carbocycles. The van der Waals surface area contributed by atoms with E-state index in [1.807, 2.05) is 25.1 Å². The van der Waals surface area contributed by atoms with E-state index in [1.54, 1.807) is 0 Å². The standard InChI is InChI=1S/C17H15NS/c1-13-3-5-15(6-4-13)7-8-16-9-10-17(19-12-18)14(2)11-16/h3,5,9-11H,4,6H2,1-2H3. The molecule has 19 heavy (non-hydrogen) atoms. The summed E-state index contributed by atoms with van der Waals surface area (Å²) < 4.78 is 0. The molecule has 94 valence electrons. The van der Waals surface area contributed by atoms with Crippen molar-refractivity contribution in [3.63, 3.8) is 0 Å². The van der Waals surface area contributed by atoms with E-state index in [9.17, 15) is 0 Å². The monoisotopic (exact) mass is 265 g/mol. The summed E-state index contributed by atoms with van der Waals surface area (Å²) in [6.45, 7) is 4.16. The van der Waals surface area contributed by atoms with Crippen LogP contribution in [-0.2, 0) is 0 Å². The fourth-order valence-electron chi connectivity index (χ4n) is 1.89. The average molecular weight is 265 g/mol. The molecule has 0 fully saturated rings. The highest BCUT2D eigenvalue weighted by Crippen LogP contribution is 2.22. The van der Waals surface area contributed by atoms with Crippen molar-refractivity contribution in [1.82, 2.24) is 0 Å². The molecule has 0 aromatic heterocycles. The number of nitrogens with zero attached hydrogens (tertiary/aromatic N) is 1. The van der Waals surface area contributed by atoms with Crippen LogP contribution in [0.2, 0.25) is 0 Å². The Bertz CT molecular complexity index is 648. The van der Waals surface area contributed by atoms with Crippen LogP contribution in [0.15, 0.2) is 46.4 Å². The van der Waals surface area contributed by atoms with Gasteiger partial charge in [0.05, 0.1) is 0 Å². The third kappa shape index (κ3) is 3.78. The summed E-state index contributed by atoms with van der Waals surface area (Å²) in [5, 5.41) is 10.8. The van der Waals surface area contributed by atoms with Crippen LogP contribution in [0.25, 0.3) is 0 Å². The lowest BCUT2D eigenvalue weighted by atomic mass is 9.99. The summed E-state index contributed by atoms with van der Waals surface area (Å²) in [7, 11) is 0. The zero-order chi connectivity index (χ0) is 13.7. The van der Waals surface area contributed by atoms with Crippen LogP contribution in [0.4, 0.5) is 0 Å². The van der Waals surface area contributed by atoms with E-state index in [-0.39, 0.29) is 0 Å². The highest BCUT2D eigenvalue weighted by atomic mass is 32.2. The first kappa shape index (κ1) is 13.5. The summed E-state index contributed by atoms with van der Waals surface area (Å²) in [4.78, 5) is 1.00. The van der Waals surface area contributed by atoms with E-state index in [4.69, 9.17) is 5.26 Å². The molecule has 1 aliphatic carbocycles. The van der Waals surface area contributed by atoms with Crippen molar-refractivity contribution in [3.8, 4) is 17.2 Å². The second-order valence-electron chi connectivity index (χ2n) is 4.63. The molecule has 0 heterocycles. The summed E-state index contributed by atoms with van der Waals surface area (Å²) in [6.07, 6.45) is 6.40. The molecule has 0 spiro atoms. The lowest BCUT2D eigenvalue weighted by molar-refractivity contribution is 0.934. The van der Waals surface area contributed by atoms with Crippen LogP contribution in [0.1, 0.15) is 30.9 Å². The van der Waals surface area contributed by atoms with Gasteiger partial charge in [-0.15, -0.1) is 0 Å². The quantitative estimate of drug-likeness (QED) is 0.421. The number of thiocyanates is 1. The van der Waals surface area contributed by atoms with Crippen LogP contribution in [0, 0.1) is 29.4 Å². The molecule has 1 aromatic rings. The first-order valence-electron chi connectivity index (χ1n) is 6.24. The van der Waals surface area contributed by atoms with Gasteiger partial charge >= 0.3 is 0 Å². The fourth-order valence-corrected chi connectivity index (χ4v) is 2.34. The maximum absolute atomic E-state index is 8.68. The number of rotatable bonds is 1. The first-order valence-corrected chi connectivity index (χ1v) is 7.05. The van der Waals surface area contributed by atoms with Crippen molar-refractivity contribution < 1.29 is 0 Å². The molecule has 0 amide bonds. The third-order valence-electron chi connectivity index (χ3n) is 3.06. The van der Waals surface area contributed by atoms with E-state index < -0.39 is 0 Å². The largest absolute Gasteiger partial charge is 0.185 e. The summed E-state index contributed by atoms with van der Waals surface area (Å²) >= 11 is 1.20. The minimum absolute atomic E-state index is 1.00. The predicted molar refractivity (Wildman–Crippen MR) is 80.6 cm³/mol. The van der Waals surface area contributed by atoms with Crippen LogP contribution in [0.3, 0.4) is 0 Å². The van der Waals surface area contributed by atoms with Crippen LogP contribution >= 0.6 is 11.8 Å². The van der Waals surface area contributed by atoms with Gasteiger partial charge in [-0.3, -0.25) is 0 Å². The average Bonchev–Trinajstić information content (AvgIpc) is 2.41. The SMILES string of the molecule is CC1=CC=C(C#Cc2ccc(SC#N)c(C)c2)CC1. The number of nitriles is 1. The molecule has 0 unspecified atom stereocenters. The Hall–Kier alpha value is -1.90. The maximum Gasteiger partial charge on any atom is 0.138 e. The molecule has 0 radical (unpaired) electrons. The highest BCUT2D eigenvalue weighted by Gasteiger charge is 2.01. The lowest BCUT2D eigenvalue weighted by Crippen LogP contribution is -1.88. The highest BCUT2D eigenvalue weighted by molar-refractivity contribution is 8.03. The molecular weight excluding hydrogens is 250 g/mol. The molecule has 0 saturated heterocycles. The van der Waals surface area contributed by atoms with Gasteiger partial charge in [0.25, 0.3) is 0 Å². The van der Waals surface area contributed by atoms with Crippen molar-refractivity contribution in [1.29, 1.82) is 5.26 Å². The molecule has 1 aromatic carbocycles. The Morgan fingerprint density at radius 3 is 2.58 bits per heavy atom. The van der Waals surface area contributed by atoms with Gasteiger partial charge in [-0.1, -0.05) is 29.6 Å². The fraction of sp³-hybridized carbons (Fsp3) is 0.235. The molecular formula is C17H15NS. The summed E-state index contributed by atoms with van der Waals surface area (Å²) in [5.74, 6) is 6.43. The van der Waals surface area contributed by atoms with E-state index in [1.165, 1.54) is 22.9 Å². The smallest absolute Gasteiger partial charge is 0.138 e. The summed E-state index contributed by atoms with van der Waals surface area (Å²) in [6, 6.07) is 5.98. The van der Waals surface area contributed by atoms with E-state index in [0.29, 0.717) is 0 Å². The normalized spacial score (nSPS) is 13.7. The Labute approximate surface area is 119 Å². The molecule has 1 nitrogen and oxygen atoms in total. The number of aryl methyl sites for hydroxylation is 1. The third-order valence-corrected chi connectivity index (χ3v) is 3.82. The Morgan fingerprint density at radius 1 is 1.11 bits per heavy atom. The Balaban J connectivity index is 2.17. The molecule has 2 rings (SSSR count). The van der Waals surface area contributed by atoms with E-state index in [0.717, 1.165) is 28.9 Å². The predicted octanol–water partition coefficient (Wildman–Crippen LogP) is 4.59. The lowest BCUT2D eigenvalue weighted by Gasteiger charge is -2.06. The molecule has 0 aliphatic heterocycles. The Kier molecular flexibility index (Phi) is 4.50. The van der Waals surface area contributed by atoms with Gasteiger partial charge in [0, 0.05) is 16.0 Å². The Morgan fingerprint density at radius 2 is 1.95 bits per heavy atom. The van der Waals surface area contributed by atoms with Crippen molar-refractivity contribution >= 4 is 11.8 Å². The van der Waals surface area contributed by atoms with Gasteiger partial charge in [0.1, 0.15) is 5.40 Å². The van der Waals surface area contributed by atoms with Crippen molar-refractivity contribution in [3.05, 3.63) is 52.6 Å². The van der Waals surface area contributed by atoms with Crippen LogP contribution < -0.4 is 0 Å². The topological polar surface area (TPSA) is 23.8 Å². The summed E-state index contributed by atoms with van der Waals surface area (Å²) in [5.41, 5.74) is 4.72. The van der Waals surface area contributed by atoms with Gasteiger partial charge in [-0.05, 0) is 62.2 Å². The van der Waals surface area contributed by atoms with Crippen molar-refractivity contribution in [2.75, 3.05) is 0 Å². The van der Waals surface area contributed by atoms with Crippen LogP contribution in [-0.4, -0.2) is 0 Å².